The third-order valence-corrected chi connectivity index (χ3v) is 5.89. The Morgan fingerprint density at radius 3 is 2.76 bits per heavy atom. The molecule has 1 unspecified atom stereocenters. The Bertz CT molecular complexity index is 787. The molecule has 0 spiro atoms. The van der Waals surface area contributed by atoms with Crippen molar-refractivity contribution in [1.82, 2.24) is 14.9 Å². The molecule has 6 nitrogen and oxygen atoms in total. The number of rotatable bonds is 4. The van der Waals surface area contributed by atoms with Crippen molar-refractivity contribution in [3.8, 4) is 0 Å². The van der Waals surface area contributed by atoms with Gasteiger partial charge in [-0.15, -0.1) is 11.3 Å². The van der Waals surface area contributed by atoms with Crippen molar-refractivity contribution in [3.05, 3.63) is 16.3 Å². The van der Waals surface area contributed by atoms with Gasteiger partial charge in [-0.05, 0) is 52.8 Å². The van der Waals surface area contributed by atoms with Gasteiger partial charge in [0, 0.05) is 19.1 Å². The number of carbonyl (C=O) groups is 1. The van der Waals surface area contributed by atoms with Gasteiger partial charge in [-0.3, -0.25) is 0 Å². The van der Waals surface area contributed by atoms with Gasteiger partial charge >= 0.3 is 5.97 Å². The Kier molecular flexibility index (Phi) is 5.24. The first-order chi connectivity index (χ1) is 11.9. The molecule has 7 heteroatoms. The number of fused-ring (bicyclic) bond motifs is 1. The lowest BCUT2D eigenvalue weighted by atomic mass is 10.0. The number of aryl methyl sites for hydroxylation is 2. The van der Waals surface area contributed by atoms with Crippen molar-refractivity contribution in [3.63, 3.8) is 0 Å². The monoisotopic (exact) mass is 362 g/mol. The second-order valence-corrected chi connectivity index (χ2v) is 7.93. The molecule has 2 aromatic rings. The van der Waals surface area contributed by atoms with Crippen LogP contribution in [-0.4, -0.2) is 61.2 Å². The molecule has 0 N–H and O–H groups in total. The zero-order valence-electron chi connectivity index (χ0n) is 15.6. The summed E-state index contributed by atoms with van der Waals surface area (Å²) in [7, 11) is 5.64. The Morgan fingerprint density at radius 1 is 1.32 bits per heavy atom. The summed E-state index contributed by atoms with van der Waals surface area (Å²) < 4.78 is 4.94. The summed E-state index contributed by atoms with van der Waals surface area (Å²) in [5.41, 5.74) is 0.927. The number of piperidine rings is 1. The highest BCUT2D eigenvalue weighted by Gasteiger charge is 2.29. The first-order valence-corrected chi connectivity index (χ1v) is 9.51. The number of anilines is 1. The van der Waals surface area contributed by atoms with Gasteiger partial charge in [0.15, 0.2) is 0 Å². The number of hydrogen-bond donors (Lipinski definition) is 0. The van der Waals surface area contributed by atoms with E-state index in [4.69, 9.17) is 9.72 Å². The predicted octanol–water partition coefficient (Wildman–Crippen LogP) is 3.02. The van der Waals surface area contributed by atoms with Crippen LogP contribution in [0.3, 0.4) is 0 Å². The number of methoxy groups -OCH3 is 1. The van der Waals surface area contributed by atoms with Crippen molar-refractivity contribution in [1.29, 1.82) is 0 Å². The SMILES string of the molecule is COC(=O)c1sc2nc(C)nc(N3CCCCC3CN(C)C)c2c1C. The van der Waals surface area contributed by atoms with Crippen molar-refractivity contribution >= 4 is 33.3 Å². The molecule has 1 saturated heterocycles. The molecular weight excluding hydrogens is 336 g/mol. The molecule has 25 heavy (non-hydrogen) atoms. The van der Waals surface area contributed by atoms with E-state index in [1.807, 2.05) is 13.8 Å². The van der Waals surface area contributed by atoms with E-state index in [2.05, 4.69) is 28.9 Å². The molecular formula is C18H26N4O2S. The zero-order valence-corrected chi connectivity index (χ0v) is 16.4. The minimum absolute atomic E-state index is 0.299. The van der Waals surface area contributed by atoms with Crippen LogP contribution in [0.15, 0.2) is 0 Å². The van der Waals surface area contributed by atoms with Crippen LogP contribution in [-0.2, 0) is 4.74 Å². The number of carbonyl (C=O) groups excluding carboxylic acids is 1. The normalized spacial score (nSPS) is 18.2. The highest BCUT2D eigenvalue weighted by molar-refractivity contribution is 7.20. The molecule has 1 aliphatic rings. The molecule has 136 valence electrons. The smallest absolute Gasteiger partial charge is 0.348 e. The van der Waals surface area contributed by atoms with E-state index in [0.29, 0.717) is 10.9 Å². The molecule has 1 fully saturated rings. The number of thiophene rings is 1. The van der Waals surface area contributed by atoms with Crippen molar-refractivity contribution in [2.24, 2.45) is 0 Å². The topological polar surface area (TPSA) is 58.6 Å². The van der Waals surface area contributed by atoms with Crippen LogP contribution in [0.25, 0.3) is 10.2 Å². The number of hydrogen-bond acceptors (Lipinski definition) is 7. The highest BCUT2D eigenvalue weighted by atomic mass is 32.1. The van der Waals surface area contributed by atoms with E-state index >= 15 is 0 Å². The third-order valence-electron chi connectivity index (χ3n) is 4.73. The van der Waals surface area contributed by atoms with Gasteiger partial charge in [0.05, 0.1) is 12.5 Å². The Balaban J connectivity index is 2.13. The third kappa shape index (κ3) is 3.48. The molecule has 0 aliphatic carbocycles. The lowest BCUT2D eigenvalue weighted by Gasteiger charge is -2.38. The zero-order chi connectivity index (χ0) is 18.1. The first-order valence-electron chi connectivity index (χ1n) is 8.69. The van der Waals surface area contributed by atoms with Crippen LogP contribution in [0.2, 0.25) is 0 Å². The molecule has 3 rings (SSSR count). The Hall–Kier alpha value is -1.73. The van der Waals surface area contributed by atoms with Crippen LogP contribution in [0, 0.1) is 13.8 Å². The van der Waals surface area contributed by atoms with Crippen LogP contribution in [0.5, 0.6) is 0 Å². The van der Waals surface area contributed by atoms with Crippen LogP contribution >= 0.6 is 11.3 Å². The van der Waals surface area contributed by atoms with Gasteiger partial charge < -0.3 is 14.5 Å². The summed E-state index contributed by atoms with van der Waals surface area (Å²) in [6.45, 7) is 5.88. The molecule has 0 bridgehead atoms. The minimum Gasteiger partial charge on any atom is -0.465 e. The summed E-state index contributed by atoms with van der Waals surface area (Å²) in [5, 5.41) is 1.00. The fourth-order valence-corrected chi connectivity index (χ4v) is 4.75. The Labute approximate surface area is 152 Å². The maximum Gasteiger partial charge on any atom is 0.348 e. The summed E-state index contributed by atoms with van der Waals surface area (Å²) in [6, 6.07) is 0.433. The molecule has 1 aliphatic heterocycles. The minimum atomic E-state index is -0.299. The molecule has 3 heterocycles. The maximum absolute atomic E-state index is 12.1. The average Bonchev–Trinajstić information content (AvgIpc) is 2.90. The number of likely N-dealkylation sites (N-methyl/N-ethyl adjacent to an activating group) is 1. The molecule has 0 radical (unpaired) electrons. The second-order valence-electron chi connectivity index (χ2n) is 6.93. The van der Waals surface area contributed by atoms with E-state index in [-0.39, 0.29) is 5.97 Å². The maximum atomic E-state index is 12.1. The molecule has 1 atom stereocenters. The summed E-state index contributed by atoms with van der Waals surface area (Å²) in [4.78, 5) is 27.6. The van der Waals surface area contributed by atoms with Crippen molar-refractivity contribution in [2.75, 3.05) is 39.2 Å². The van der Waals surface area contributed by atoms with Gasteiger partial charge in [0.2, 0.25) is 0 Å². The van der Waals surface area contributed by atoms with Gasteiger partial charge in [-0.25, -0.2) is 14.8 Å². The summed E-state index contributed by atoms with van der Waals surface area (Å²) in [5.74, 6) is 1.42. The second kappa shape index (κ2) is 7.25. The Morgan fingerprint density at radius 2 is 2.08 bits per heavy atom. The van der Waals surface area contributed by atoms with Crippen molar-refractivity contribution < 1.29 is 9.53 Å². The van der Waals surface area contributed by atoms with E-state index in [1.54, 1.807) is 0 Å². The van der Waals surface area contributed by atoms with E-state index in [1.165, 1.54) is 31.3 Å². The van der Waals surface area contributed by atoms with Gasteiger partial charge in [-0.2, -0.15) is 0 Å². The molecule has 0 aromatic carbocycles. The van der Waals surface area contributed by atoms with Crippen molar-refractivity contribution in [2.45, 2.75) is 39.2 Å². The van der Waals surface area contributed by atoms with Crippen LogP contribution < -0.4 is 4.90 Å². The number of nitrogens with zero attached hydrogens (tertiary/aromatic N) is 4. The van der Waals surface area contributed by atoms with E-state index < -0.39 is 0 Å². The predicted molar refractivity (Wildman–Crippen MR) is 102 cm³/mol. The fraction of sp³-hybridized carbons (Fsp3) is 0.611. The van der Waals surface area contributed by atoms with Crippen LogP contribution in [0.1, 0.15) is 40.3 Å². The van der Waals surface area contributed by atoms with E-state index in [9.17, 15) is 4.79 Å². The standard InChI is InChI=1S/C18H26N4O2S/c1-11-14-16(22-9-7-6-8-13(22)10-21(3)4)19-12(2)20-17(14)25-15(11)18(23)24-5/h13H,6-10H2,1-5H3. The number of esters is 1. The number of ether oxygens (including phenoxy) is 1. The van der Waals surface area contributed by atoms with Gasteiger partial charge in [0.1, 0.15) is 21.3 Å². The van der Waals surface area contributed by atoms with Gasteiger partial charge in [-0.1, -0.05) is 0 Å². The number of aromatic nitrogens is 2. The lowest BCUT2D eigenvalue weighted by molar-refractivity contribution is 0.0605. The lowest BCUT2D eigenvalue weighted by Crippen LogP contribution is -2.46. The van der Waals surface area contributed by atoms with E-state index in [0.717, 1.165) is 46.9 Å². The van der Waals surface area contributed by atoms with Crippen LogP contribution in [0.4, 0.5) is 5.82 Å². The molecule has 0 amide bonds. The summed E-state index contributed by atoms with van der Waals surface area (Å²) in [6.07, 6.45) is 3.58. The molecule has 2 aromatic heterocycles. The fourth-order valence-electron chi connectivity index (χ4n) is 3.61. The average molecular weight is 362 g/mol. The molecule has 0 saturated carbocycles. The first kappa shape index (κ1) is 18.1. The quantitative estimate of drug-likeness (QED) is 0.779. The van der Waals surface area contributed by atoms with Gasteiger partial charge in [0.25, 0.3) is 0 Å². The summed E-state index contributed by atoms with van der Waals surface area (Å²) >= 11 is 1.40. The highest BCUT2D eigenvalue weighted by Crippen LogP contribution is 2.37. The largest absolute Gasteiger partial charge is 0.465 e.